The van der Waals surface area contributed by atoms with Crippen molar-refractivity contribution in [2.75, 3.05) is 27.4 Å². The van der Waals surface area contributed by atoms with Gasteiger partial charge in [0.2, 0.25) is 5.91 Å². The molecule has 2 amide bonds. The van der Waals surface area contributed by atoms with Crippen LogP contribution in [0.15, 0.2) is 48.5 Å². The number of carbonyl (C=O) groups excluding carboxylic acids is 2. The van der Waals surface area contributed by atoms with Gasteiger partial charge in [-0.2, -0.15) is 0 Å². The molecule has 2 atom stereocenters. The lowest BCUT2D eigenvalue weighted by molar-refractivity contribution is -0.143. The Labute approximate surface area is 204 Å². The summed E-state index contributed by atoms with van der Waals surface area (Å²) in [5, 5.41) is 14.3. The highest BCUT2D eigenvalue weighted by molar-refractivity contribution is 5.89. The van der Waals surface area contributed by atoms with Crippen LogP contribution in [-0.2, 0) is 23.8 Å². The molecule has 0 aliphatic heterocycles. The highest BCUT2D eigenvalue weighted by Crippen LogP contribution is 2.44. The molecule has 0 fully saturated rings. The standard InChI is InChI=1S/C26H32N2O7/c1-26(2,34-4)13-21(23(29)27-22(15-33-3)24(30)31)28-25(32)35-14-20-18-11-7-5-9-16(18)17-10-6-8-12-19(17)20/h5-12,20-22H,13-15H2,1-4H3,(H,27,29)(H,28,32)(H,30,31)/t21?,22-/m0/s1. The predicted octanol–water partition coefficient (Wildman–Crippen LogP) is 2.92. The molecule has 9 nitrogen and oxygen atoms in total. The number of hydrogen-bond acceptors (Lipinski definition) is 6. The van der Waals surface area contributed by atoms with E-state index in [1.165, 1.54) is 14.2 Å². The summed E-state index contributed by atoms with van der Waals surface area (Å²) in [5.74, 6) is -2.05. The van der Waals surface area contributed by atoms with Crippen molar-refractivity contribution in [2.45, 2.75) is 43.9 Å². The van der Waals surface area contributed by atoms with Crippen LogP contribution in [0.2, 0.25) is 0 Å². The van der Waals surface area contributed by atoms with Crippen molar-refractivity contribution in [3.63, 3.8) is 0 Å². The number of carbonyl (C=O) groups is 3. The van der Waals surface area contributed by atoms with Crippen molar-refractivity contribution < 1.29 is 33.7 Å². The molecule has 1 aliphatic carbocycles. The van der Waals surface area contributed by atoms with Gasteiger partial charge < -0.3 is 30.0 Å². The summed E-state index contributed by atoms with van der Waals surface area (Å²) in [7, 11) is 2.83. The molecule has 2 aromatic carbocycles. The fourth-order valence-electron chi connectivity index (χ4n) is 4.18. The molecule has 0 bridgehead atoms. The molecule has 0 saturated carbocycles. The maximum atomic E-state index is 12.9. The van der Waals surface area contributed by atoms with Crippen LogP contribution in [0.4, 0.5) is 4.79 Å². The Hall–Kier alpha value is -3.43. The van der Waals surface area contributed by atoms with Gasteiger partial charge in [-0.05, 0) is 36.1 Å². The molecule has 188 valence electrons. The summed E-state index contributed by atoms with van der Waals surface area (Å²) < 4.78 is 15.8. The number of aliphatic carboxylic acids is 1. The third-order valence-electron chi connectivity index (χ3n) is 6.15. The van der Waals surface area contributed by atoms with Gasteiger partial charge in [0.15, 0.2) is 6.04 Å². The SMILES string of the molecule is COC[C@H](NC(=O)C(CC(C)(C)OC)NC(=O)OCC1c2ccccc2-c2ccccc21)C(=O)O. The highest BCUT2D eigenvalue weighted by Gasteiger charge is 2.33. The second-order valence-electron chi connectivity index (χ2n) is 9.05. The van der Waals surface area contributed by atoms with Crippen LogP contribution in [0.3, 0.4) is 0 Å². The summed E-state index contributed by atoms with van der Waals surface area (Å²) in [6, 6.07) is 13.6. The number of amides is 2. The van der Waals surface area contributed by atoms with Crippen LogP contribution in [-0.4, -0.2) is 68.2 Å². The van der Waals surface area contributed by atoms with E-state index in [0.717, 1.165) is 22.3 Å². The zero-order valence-corrected chi connectivity index (χ0v) is 20.4. The van der Waals surface area contributed by atoms with E-state index in [2.05, 4.69) is 10.6 Å². The number of carboxylic acid groups (broad SMARTS) is 1. The minimum atomic E-state index is -1.26. The van der Waals surface area contributed by atoms with E-state index in [1.54, 1.807) is 13.8 Å². The van der Waals surface area contributed by atoms with Gasteiger partial charge in [0.05, 0.1) is 12.2 Å². The first kappa shape index (κ1) is 26.2. The monoisotopic (exact) mass is 484 g/mol. The fourth-order valence-corrected chi connectivity index (χ4v) is 4.18. The Kier molecular flexibility index (Phi) is 8.48. The zero-order chi connectivity index (χ0) is 25.6. The van der Waals surface area contributed by atoms with Crippen molar-refractivity contribution in [3.8, 4) is 11.1 Å². The Morgan fingerprint density at radius 1 is 0.943 bits per heavy atom. The van der Waals surface area contributed by atoms with Gasteiger partial charge in [-0.1, -0.05) is 48.5 Å². The molecule has 3 N–H and O–H groups in total. The predicted molar refractivity (Wildman–Crippen MR) is 129 cm³/mol. The largest absolute Gasteiger partial charge is 0.480 e. The lowest BCUT2D eigenvalue weighted by Gasteiger charge is -2.29. The first-order chi connectivity index (χ1) is 16.7. The van der Waals surface area contributed by atoms with Crippen molar-refractivity contribution in [1.29, 1.82) is 0 Å². The summed E-state index contributed by atoms with van der Waals surface area (Å²) in [5.41, 5.74) is 3.59. The number of carboxylic acids is 1. The second kappa shape index (κ2) is 11.3. The zero-order valence-electron chi connectivity index (χ0n) is 20.4. The Morgan fingerprint density at radius 3 is 2.03 bits per heavy atom. The number of rotatable bonds is 11. The van der Waals surface area contributed by atoms with Crippen LogP contribution in [0.1, 0.15) is 37.3 Å². The second-order valence-corrected chi connectivity index (χ2v) is 9.05. The van der Waals surface area contributed by atoms with Gasteiger partial charge in [-0.15, -0.1) is 0 Å². The van der Waals surface area contributed by atoms with E-state index in [4.69, 9.17) is 14.2 Å². The lowest BCUT2D eigenvalue weighted by Crippen LogP contribution is -2.55. The topological polar surface area (TPSA) is 123 Å². The van der Waals surface area contributed by atoms with E-state index in [-0.39, 0.29) is 25.6 Å². The van der Waals surface area contributed by atoms with Crippen LogP contribution < -0.4 is 10.6 Å². The number of alkyl carbamates (subject to hydrolysis) is 1. The van der Waals surface area contributed by atoms with Gasteiger partial charge in [0.1, 0.15) is 12.6 Å². The summed E-state index contributed by atoms with van der Waals surface area (Å²) in [6.07, 6.45) is -0.684. The Morgan fingerprint density at radius 2 is 1.51 bits per heavy atom. The maximum absolute atomic E-state index is 12.9. The van der Waals surface area contributed by atoms with E-state index in [1.807, 2.05) is 48.5 Å². The van der Waals surface area contributed by atoms with Crippen LogP contribution in [0.5, 0.6) is 0 Å². The molecule has 35 heavy (non-hydrogen) atoms. The Balaban J connectivity index is 1.71. The van der Waals surface area contributed by atoms with Crippen LogP contribution in [0, 0.1) is 0 Å². The first-order valence-corrected chi connectivity index (χ1v) is 11.4. The van der Waals surface area contributed by atoms with Crippen molar-refractivity contribution >= 4 is 18.0 Å². The van der Waals surface area contributed by atoms with Crippen LogP contribution >= 0.6 is 0 Å². The van der Waals surface area contributed by atoms with Gasteiger partial charge in [0, 0.05) is 26.6 Å². The maximum Gasteiger partial charge on any atom is 0.407 e. The third-order valence-corrected chi connectivity index (χ3v) is 6.15. The quantitative estimate of drug-likeness (QED) is 0.448. The number of fused-ring (bicyclic) bond motifs is 3. The molecule has 0 heterocycles. The third kappa shape index (κ3) is 6.37. The smallest absolute Gasteiger partial charge is 0.407 e. The first-order valence-electron chi connectivity index (χ1n) is 11.4. The van der Waals surface area contributed by atoms with Gasteiger partial charge in [0.25, 0.3) is 0 Å². The molecule has 0 saturated heterocycles. The number of benzene rings is 2. The molecule has 3 rings (SSSR count). The minimum absolute atomic E-state index is 0.0866. The van der Waals surface area contributed by atoms with E-state index < -0.39 is 35.7 Å². The van der Waals surface area contributed by atoms with Crippen molar-refractivity contribution in [3.05, 3.63) is 59.7 Å². The minimum Gasteiger partial charge on any atom is -0.480 e. The normalized spacial score (nSPS) is 14.4. The Bertz CT molecular complexity index is 1020. The molecule has 9 heteroatoms. The van der Waals surface area contributed by atoms with Crippen LogP contribution in [0.25, 0.3) is 11.1 Å². The molecule has 1 aliphatic rings. The summed E-state index contributed by atoms with van der Waals surface area (Å²) >= 11 is 0. The van der Waals surface area contributed by atoms with E-state index in [9.17, 15) is 19.5 Å². The average Bonchev–Trinajstić information content (AvgIpc) is 3.15. The van der Waals surface area contributed by atoms with Crippen molar-refractivity contribution in [1.82, 2.24) is 10.6 Å². The molecule has 0 radical (unpaired) electrons. The number of nitrogens with one attached hydrogen (secondary N) is 2. The number of methoxy groups -OCH3 is 2. The summed E-state index contributed by atoms with van der Waals surface area (Å²) in [4.78, 5) is 37.1. The fraction of sp³-hybridized carbons (Fsp3) is 0.423. The molecule has 0 spiro atoms. The molecule has 2 aromatic rings. The van der Waals surface area contributed by atoms with E-state index >= 15 is 0 Å². The van der Waals surface area contributed by atoms with Crippen molar-refractivity contribution in [2.24, 2.45) is 0 Å². The molecular weight excluding hydrogens is 452 g/mol. The van der Waals surface area contributed by atoms with Gasteiger partial charge in [-0.3, -0.25) is 4.79 Å². The average molecular weight is 485 g/mol. The number of ether oxygens (including phenoxy) is 3. The van der Waals surface area contributed by atoms with Gasteiger partial charge >= 0.3 is 12.1 Å². The highest BCUT2D eigenvalue weighted by atomic mass is 16.5. The van der Waals surface area contributed by atoms with E-state index in [0.29, 0.717) is 0 Å². The number of hydrogen-bond donors (Lipinski definition) is 3. The molecule has 0 aromatic heterocycles. The summed E-state index contributed by atoms with van der Waals surface area (Å²) in [6.45, 7) is 3.39. The lowest BCUT2D eigenvalue weighted by atomic mass is 9.97. The molecular formula is C26H32N2O7. The van der Waals surface area contributed by atoms with Gasteiger partial charge in [-0.25, -0.2) is 9.59 Å². The molecule has 1 unspecified atom stereocenters.